The molecule has 2 rings (SSSR count). The summed E-state index contributed by atoms with van der Waals surface area (Å²) in [5, 5.41) is 10.9. The summed E-state index contributed by atoms with van der Waals surface area (Å²) in [7, 11) is 4.52. The molecule has 1 saturated heterocycles. The molecule has 1 aromatic rings. The highest BCUT2D eigenvalue weighted by Crippen LogP contribution is 2.44. The van der Waals surface area contributed by atoms with Gasteiger partial charge in [0.05, 0.1) is 4.75 Å². The fraction of sp³-hybridized carbons (Fsp3) is 0.526. The molecule has 160 valence electrons. The first-order chi connectivity index (χ1) is 13.3. The number of hydrazone groups is 1. The molecule has 1 aliphatic rings. The first-order valence-corrected chi connectivity index (χ1v) is 12.7. The van der Waals surface area contributed by atoms with Crippen LogP contribution in [0.4, 0.5) is 4.79 Å². The summed E-state index contributed by atoms with van der Waals surface area (Å²) in [6.45, 7) is 10.5. The van der Waals surface area contributed by atoms with E-state index in [1.807, 2.05) is 40.1 Å². The van der Waals surface area contributed by atoms with E-state index in [1.54, 1.807) is 23.8 Å². The predicted octanol–water partition coefficient (Wildman–Crippen LogP) is 4.81. The van der Waals surface area contributed by atoms with Crippen molar-refractivity contribution in [2.75, 3.05) is 21.1 Å². The first-order valence-electron chi connectivity index (χ1n) is 8.99. The zero-order chi connectivity index (χ0) is 22.0. The molecular weight excluding hydrogens is 445 g/mol. The number of carbonyl (C=O) groups excluding carboxylic acids is 1. The molecule has 1 amide bonds. The number of hydrogen-bond acceptors (Lipinski definition) is 8. The Balaban J connectivity index is 2.07. The van der Waals surface area contributed by atoms with Crippen LogP contribution < -0.4 is 0 Å². The second-order valence-corrected chi connectivity index (χ2v) is 13.5. The topological polar surface area (TPSA) is 57.5 Å². The second-order valence-electron chi connectivity index (χ2n) is 8.20. The molecule has 0 radical (unpaired) electrons. The standard InChI is InChI=1S/C19H28N4O2S4/c1-18(2,3)13-9-11-14(12-10-13)29(26)23(8)17(24)25-21-15-19(4,5)28-16(27-15)20-22(6)7/h9-12H,1-8H3. The lowest BCUT2D eigenvalue weighted by molar-refractivity contribution is 0.136. The molecule has 1 fully saturated rings. The van der Waals surface area contributed by atoms with Gasteiger partial charge in [-0.3, -0.25) is 4.84 Å². The maximum absolute atomic E-state index is 12.5. The predicted molar refractivity (Wildman–Crippen MR) is 130 cm³/mol. The van der Waals surface area contributed by atoms with Gasteiger partial charge in [-0.1, -0.05) is 49.8 Å². The largest absolute Gasteiger partial charge is 0.446 e. The van der Waals surface area contributed by atoms with Crippen molar-refractivity contribution in [3.63, 3.8) is 0 Å². The average molecular weight is 473 g/mol. The molecule has 0 aliphatic carbocycles. The number of oxime groups is 1. The number of thioether (sulfide) groups is 2. The molecule has 1 aromatic carbocycles. The second kappa shape index (κ2) is 9.36. The number of nitrogens with zero attached hydrogens (tertiary/aromatic N) is 4. The third-order valence-corrected chi connectivity index (χ3v) is 9.15. The maximum Gasteiger partial charge on any atom is 0.446 e. The van der Waals surface area contributed by atoms with Crippen LogP contribution >= 0.6 is 23.5 Å². The van der Waals surface area contributed by atoms with Crippen LogP contribution in [0.3, 0.4) is 0 Å². The highest BCUT2D eigenvalue weighted by molar-refractivity contribution is 8.50. The fourth-order valence-electron chi connectivity index (χ4n) is 2.26. The van der Waals surface area contributed by atoms with E-state index in [2.05, 4.69) is 43.2 Å². The van der Waals surface area contributed by atoms with Gasteiger partial charge in [0.15, 0.2) is 4.38 Å². The Morgan fingerprint density at radius 1 is 1.17 bits per heavy atom. The van der Waals surface area contributed by atoms with Gasteiger partial charge in [0, 0.05) is 35.7 Å². The summed E-state index contributed by atoms with van der Waals surface area (Å²) in [6.07, 6.45) is -0.574. The van der Waals surface area contributed by atoms with E-state index >= 15 is 0 Å². The summed E-state index contributed by atoms with van der Waals surface area (Å²) in [4.78, 5) is 18.6. The van der Waals surface area contributed by atoms with E-state index in [1.165, 1.54) is 21.6 Å². The lowest BCUT2D eigenvalue weighted by Crippen LogP contribution is -2.29. The lowest BCUT2D eigenvalue weighted by Gasteiger charge is -2.21. The molecule has 10 heteroatoms. The van der Waals surface area contributed by atoms with E-state index in [4.69, 9.17) is 16.0 Å². The molecular formula is C19H28N4O2S4. The summed E-state index contributed by atoms with van der Waals surface area (Å²) >= 11 is 8.57. The zero-order valence-corrected chi connectivity index (χ0v) is 21.3. The van der Waals surface area contributed by atoms with Crippen LogP contribution in [0.2, 0.25) is 0 Å². The Morgan fingerprint density at radius 2 is 1.76 bits per heavy atom. The highest BCUT2D eigenvalue weighted by atomic mass is 32.8. The van der Waals surface area contributed by atoms with Crippen LogP contribution in [0.5, 0.6) is 0 Å². The molecule has 1 unspecified atom stereocenters. The Bertz CT molecular complexity index is 843. The van der Waals surface area contributed by atoms with Gasteiger partial charge in [0.1, 0.15) is 5.04 Å². The highest BCUT2D eigenvalue weighted by Gasteiger charge is 2.38. The zero-order valence-electron chi connectivity index (χ0n) is 18.0. The van der Waals surface area contributed by atoms with Crippen LogP contribution in [0.25, 0.3) is 0 Å². The van der Waals surface area contributed by atoms with E-state index < -0.39 is 15.7 Å². The summed E-state index contributed by atoms with van der Waals surface area (Å²) in [6, 6.07) is 8.06. The normalized spacial score (nSPS) is 20.0. The van der Waals surface area contributed by atoms with E-state index in [-0.39, 0.29) is 10.2 Å². The Kier molecular flexibility index (Phi) is 7.80. The fourth-order valence-corrected chi connectivity index (χ4v) is 6.36. The molecule has 1 heterocycles. The Hall–Kier alpha value is -1.10. The van der Waals surface area contributed by atoms with E-state index in [9.17, 15) is 4.79 Å². The van der Waals surface area contributed by atoms with E-state index in [0.717, 1.165) is 9.27 Å². The van der Waals surface area contributed by atoms with Crippen molar-refractivity contribution in [1.29, 1.82) is 0 Å². The van der Waals surface area contributed by atoms with Crippen molar-refractivity contribution in [3.05, 3.63) is 29.8 Å². The third-order valence-electron chi connectivity index (χ3n) is 3.96. The van der Waals surface area contributed by atoms with Gasteiger partial charge in [-0.05, 0) is 59.9 Å². The molecule has 0 bridgehead atoms. The minimum Gasteiger partial charge on any atom is -0.302 e. The molecule has 0 aromatic heterocycles. The minimum atomic E-state index is -0.850. The van der Waals surface area contributed by atoms with Crippen molar-refractivity contribution in [2.45, 2.75) is 49.7 Å². The average Bonchev–Trinajstić information content (AvgIpc) is 2.90. The van der Waals surface area contributed by atoms with Gasteiger partial charge >= 0.3 is 6.09 Å². The molecule has 1 aliphatic heterocycles. The van der Waals surface area contributed by atoms with Crippen LogP contribution in [0, 0.1) is 0 Å². The van der Waals surface area contributed by atoms with Crippen molar-refractivity contribution < 1.29 is 9.63 Å². The van der Waals surface area contributed by atoms with Gasteiger partial charge in [-0.25, -0.2) is 9.10 Å². The molecule has 6 nitrogen and oxygen atoms in total. The summed E-state index contributed by atoms with van der Waals surface area (Å²) in [5.74, 6) is 0. The monoisotopic (exact) mass is 472 g/mol. The van der Waals surface area contributed by atoms with Crippen molar-refractivity contribution >= 4 is 59.9 Å². The van der Waals surface area contributed by atoms with Gasteiger partial charge in [-0.15, -0.1) is 0 Å². The van der Waals surface area contributed by atoms with Gasteiger partial charge in [0.2, 0.25) is 0 Å². The van der Waals surface area contributed by atoms with Crippen molar-refractivity contribution in [1.82, 2.24) is 9.31 Å². The smallest absolute Gasteiger partial charge is 0.302 e. The van der Waals surface area contributed by atoms with Gasteiger partial charge in [-0.2, -0.15) is 5.10 Å². The molecule has 29 heavy (non-hydrogen) atoms. The van der Waals surface area contributed by atoms with Crippen LogP contribution in [0.15, 0.2) is 39.4 Å². The van der Waals surface area contributed by atoms with E-state index in [0.29, 0.717) is 5.04 Å². The van der Waals surface area contributed by atoms with Crippen LogP contribution in [0.1, 0.15) is 40.2 Å². The lowest BCUT2D eigenvalue weighted by atomic mass is 9.87. The van der Waals surface area contributed by atoms with Crippen molar-refractivity contribution in [2.24, 2.45) is 10.3 Å². The molecule has 0 saturated carbocycles. The van der Waals surface area contributed by atoms with Gasteiger partial charge in [0.25, 0.3) is 0 Å². The first kappa shape index (κ1) is 24.2. The number of carbonyl (C=O) groups is 1. The molecule has 1 atom stereocenters. The van der Waals surface area contributed by atoms with Crippen molar-refractivity contribution in [3.8, 4) is 0 Å². The minimum absolute atomic E-state index is 0.0675. The summed E-state index contributed by atoms with van der Waals surface area (Å²) < 4.78 is 1.96. The number of hydrogen-bond donors (Lipinski definition) is 0. The van der Waals surface area contributed by atoms with Crippen LogP contribution in [-0.2, 0) is 31.1 Å². The Labute approximate surface area is 189 Å². The number of rotatable bonds is 4. The number of benzene rings is 1. The van der Waals surface area contributed by atoms with Crippen LogP contribution in [-0.4, -0.2) is 50.7 Å². The maximum atomic E-state index is 12.5. The molecule has 0 spiro atoms. The quantitative estimate of drug-likeness (QED) is 0.463. The Morgan fingerprint density at radius 3 is 2.28 bits per heavy atom. The SMILES string of the molecule is CN(C)N=C1SC(=NOC(=O)N(C)S(=S)c2ccc(C(C)(C)C)cc2)C(C)(C)S1. The summed E-state index contributed by atoms with van der Waals surface area (Å²) in [5.41, 5.74) is 1.29. The van der Waals surface area contributed by atoms with Gasteiger partial charge < -0.3 is 5.01 Å². The number of amides is 1. The molecule has 0 N–H and O–H groups in total. The third kappa shape index (κ3) is 6.44.